The number of aliphatic hydroxyl groups excluding tert-OH is 1. The van der Waals surface area contributed by atoms with Crippen molar-refractivity contribution in [3.05, 3.63) is 58.6 Å². The summed E-state index contributed by atoms with van der Waals surface area (Å²) in [5, 5.41) is 14.2. The molecule has 2 saturated heterocycles. The minimum absolute atomic E-state index is 0.0316. The minimum atomic E-state index is -0.452. The fourth-order valence-electron chi connectivity index (χ4n) is 4.96. The van der Waals surface area contributed by atoms with Crippen LogP contribution in [-0.4, -0.2) is 52.7 Å². The Bertz CT molecular complexity index is 808. The van der Waals surface area contributed by atoms with E-state index in [1.54, 1.807) is 11.3 Å². The zero-order valence-electron chi connectivity index (χ0n) is 16.0. The van der Waals surface area contributed by atoms with Crippen molar-refractivity contribution in [3.63, 3.8) is 0 Å². The van der Waals surface area contributed by atoms with Gasteiger partial charge < -0.3 is 10.4 Å². The summed E-state index contributed by atoms with van der Waals surface area (Å²) in [7, 11) is 0. The fourth-order valence-corrected chi connectivity index (χ4v) is 5.52. The van der Waals surface area contributed by atoms with Gasteiger partial charge in [-0.05, 0) is 24.8 Å². The highest BCUT2D eigenvalue weighted by Gasteiger charge is 2.59. The number of benzene rings is 1. The van der Waals surface area contributed by atoms with Gasteiger partial charge in [-0.15, -0.1) is 11.3 Å². The summed E-state index contributed by atoms with van der Waals surface area (Å²) in [6.07, 6.45) is 8.10. The van der Waals surface area contributed by atoms with Crippen LogP contribution in [0.3, 0.4) is 0 Å². The van der Waals surface area contributed by atoms with Gasteiger partial charge in [-0.2, -0.15) is 0 Å². The molecule has 0 unspecified atom stereocenters. The van der Waals surface area contributed by atoms with Crippen LogP contribution in [0.4, 0.5) is 0 Å². The number of aliphatic hydroxyl groups is 1. The van der Waals surface area contributed by atoms with E-state index < -0.39 is 5.41 Å². The van der Waals surface area contributed by atoms with E-state index in [1.165, 1.54) is 5.56 Å². The smallest absolute Gasteiger partial charge is 0.228 e. The van der Waals surface area contributed by atoms with E-state index in [2.05, 4.69) is 39.5 Å². The normalized spacial score (nSPS) is 26.9. The molecule has 2 fully saturated rings. The summed E-state index contributed by atoms with van der Waals surface area (Å²) >= 11 is 1.58. The van der Waals surface area contributed by atoms with E-state index in [9.17, 15) is 4.79 Å². The first-order chi connectivity index (χ1) is 13.7. The maximum Gasteiger partial charge on any atom is 0.228 e. The predicted octanol–water partition coefficient (Wildman–Crippen LogP) is 2.73. The van der Waals surface area contributed by atoms with Gasteiger partial charge in [0.05, 0.1) is 23.2 Å². The lowest BCUT2D eigenvalue weighted by atomic mass is 9.70. The summed E-state index contributed by atoms with van der Waals surface area (Å²) in [4.78, 5) is 20.2. The third-order valence-electron chi connectivity index (χ3n) is 6.14. The molecular weight excluding hydrogens is 370 g/mol. The molecule has 0 aliphatic carbocycles. The number of hydrogen-bond acceptors (Lipinski definition) is 5. The molecule has 148 valence electrons. The average molecular weight is 398 g/mol. The lowest BCUT2D eigenvalue weighted by molar-refractivity contribution is -0.133. The van der Waals surface area contributed by atoms with Crippen LogP contribution in [0.1, 0.15) is 30.5 Å². The summed E-state index contributed by atoms with van der Waals surface area (Å²) in [6.45, 7) is 1.13. The van der Waals surface area contributed by atoms with Crippen LogP contribution in [0.5, 0.6) is 0 Å². The number of nitrogens with zero attached hydrogens (tertiary/aromatic N) is 2. The molecule has 6 heteroatoms. The van der Waals surface area contributed by atoms with E-state index >= 15 is 0 Å². The van der Waals surface area contributed by atoms with Crippen LogP contribution in [0.2, 0.25) is 0 Å². The SMILES string of the molecule is O=C(NCCO)[C@@]1(Cc2cscn2)C[C@H]2CC[C@@H]1N2C/C=C/c1ccccc1. The van der Waals surface area contributed by atoms with E-state index in [-0.39, 0.29) is 18.6 Å². The van der Waals surface area contributed by atoms with Crippen LogP contribution in [0, 0.1) is 5.41 Å². The Balaban J connectivity index is 1.53. The molecule has 2 bridgehead atoms. The molecule has 4 rings (SSSR count). The largest absolute Gasteiger partial charge is 0.395 e. The van der Waals surface area contributed by atoms with Crippen LogP contribution >= 0.6 is 11.3 Å². The molecule has 3 heterocycles. The first-order valence-corrected chi connectivity index (χ1v) is 10.9. The molecule has 28 heavy (non-hydrogen) atoms. The highest BCUT2D eigenvalue weighted by molar-refractivity contribution is 7.07. The molecule has 3 atom stereocenters. The van der Waals surface area contributed by atoms with Gasteiger partial charge in [-0.3, -0.25) is 9.69 Å². The number of carbonyl (C=O) groups is 1. The van der Waals surface area contributed by atoms with Gasteiger partial charge in [0.15, 0.2) is 0 Å². The van der Waals surface area contributed by atoms with Crippen molar-refractivity contribution in [1.82, 2.24) is 15.2 Å². The fraction of sp³-hybridized carbons (Fsp3) is 0.455. The van der Waals surface area contributed by atoms with Crippen molar-refractivity contribution in [2.75, 3.05) is 19.7 Å². The standard InChI is InChI=1S/C22H27N3O2S/c26-12-10-23-21(27)22(13-18-15-28-16-24-18)14-19-8-9-20(22)25(19)11-4-7-17-5-2-1-3-6-17/h1-7,15-16,19-20,26H,8-14H2,(H,23,27)/b7-4+/t19-,20+,22+/m1/s1. The van der Waals surface area contributed by atoms with Gasteiger partial charge in [-0.1, -0.05) is 42.5 Å². The molecule has 2 aliphatic rings. The second-order valence-corrected chi connectivity index (χ2v) is 8.47. The van der Waals surface area contributed by atoms with Crippen LogP contribution in [-0.2, 0) is 11.2 Å². The molecule has 1 aromatic heterocycles. The van der Waals surface area contributed by atoms with Crippen LogP contribution < -0.4 is 5.32 Å². The zero-order valence-corrected chi connectivity index (χ0v) is 16.8. The van der Waals surface area contributed by atoms with E-state index in [1.807, 2.05) is 29.1 Å². The highest BCUT2D eigenvalue weighted by atomic mass is 32.1. The second-order valence-electron chi connectivity index (χ2n) is 7.75. The lowest BCUT2D eigenvalue weighted by Gasteiger charge is -2.36. The van der Waals surface area contributed by atoms with E-state index in [4.69, 9.17) is 5.11 Å². The van der Waals surface area contributed by atoms with Gasteiger partial charge in [-0.25, -0.2) is 4.98 Å². The van der Waals surface area contributed by atoms with Crippen molar-refractivity contribution in [2.24, 2.45) is 5.41 Å². The average Bonchev–Trinajstić information content (AvgIpc) is 3.43. The maximum atomic E-state index is 13.2. The second kappa shape index (κ2) is 8.55. The first kappa shape index (κ1) is 19.3. The number of nitrogens with one attached hydrogen (secondary N) is 1. The molecule has 2 aliphatic heterocycles. The van der Waals surface area contributed by atoms with E-state index in [0.717, 1.165) is 31.5 Å². The monoisotopic (exact) mass is 397 g/mol. The number of hydrogen-bond donors (Lipinski definition) is 2. The molecular formula is C22H27N3O2S. The van der Waals surface area contributed by atoms with E-state index in [0.29, 0.717) is 19.0 Å². The number of amides is 1. The number of rotatable bonds is 8. The van der Waals surface area contributed by atoms with Crippen molar-refractivity contribution >= 4 is 23.3 Å². The molecule has 0 radical (unpaired) electrons. The molecule has 1 amide bonds. The van der Waals surface area contributed by atoms with Crippen molar-refractivity contribution in [1.29, 1.82) is 0 Å². The summed E-state index contributed by atoms with van der Waals surface area (Å²) in [6, 6.07) is 11.0. The van der Waals surface area contributed by atoms with Gasteiger partial charge in [0, 0.05) is 37.0 Å². The Kier molecular flexibility index (Phi) is 5.90. The molecule has 2 N–H and O–H groups in total. The summed E-state index contributed by atoms with van der Waals surface area (Å²) in [5.41, 5.74) is 3.58. The number of thiazole rings is 1. The van der Waals surface area contributed by atoms with Crippen LogP contribution in [0.25, 0.3) is 6.08 Å². The number of fused-ring (bicyclic) bond motifs is 2. The van der Waals surface area contributed by atoms with Crippen molar-refractivity contribution in [3.8, 4) is 0 Å². The molecule has 1 aromatic carbocycles. The zero-order chi connectivity index (χ0) is 19.4. The third-order valence-corrected chi connectivity index (χ3v) is 6.77. The van der Waals surface area contributed by atoms with Crippen LogP contribution in [0.15, 0.2) is 47.3 Å². The molecule has 5 nitrogen and oxygen atoms in total. The third kappa shape index (κ3) is 3.77. The minimum Gasteiger partial charge on any atom is -0.395 e. The molecule has 2 aromatic rings. The Labute approximate surface area is 170 Å². The van der Waals surface area contributed by atoms with Gasteiger partial charge in [0.25, 0.3) is 0 Å². The van der Waals surface area contributed by atoms with Gasteiger partial charge >= 0.3 is 0 Å². The Morgan fingerprint density at radius 3 is 2.96 bits per heavy atom. The van der Waals surface area contributed by atoms with Crippen molar-refractivity contribution in [2.45, 2.75) is 37.8 Å². The quantitative estimate of drug-likeness (QED) is 0.719. The summed E-state index contributed by atoms with van der Waals surface area (Å²) in [5.74, 6) is 0.0683. The Hall–Kier alpha value is -2.02. The lowest BCUT2D eigenvalue weighted by Crippen LogP contribution is -2.51. The summed E-state index contributed by atoms with van der Waals surface area (Å²) < 4.78 is 0. The first-order valence-electron chi connectivity index (χ1n) is 9.96. The number of carbonyl (C=O) groups excluding carboxylic acids is 1. The highest BCUT2D eigenvalue weighted by Crippen LogP contribution is 2.51. The Morgan fingerprint density at radius 1 is 1.36 bits per heavy atom. The predicted molar refractivity (Wildman–Crippen MR) is 112 cm³/mol. The molecule has 0 spiro atoms. The van der Waals surface area contributed by atoms with Crippen molar-refractivity contribution < 1.29 is 9.90 Å². The van der Waals surface area contributed by atoms with Gasteiger partial charge in [0.1, 0.15) is 0 Å². The number of aromatic nitrogens is 1. The Morgan fingerprint density at radius 2 is 2.21 bits per heavy atom. The maximum absolute atomic E-state index is 13.2. The topological polar surface area (TPSA) is 65.5 Å². The molecule has 0 saturated carbocycles. The van der Waals surface area contributed by atoms with Gasteiger partial charge in [0.2, 0.25) is 5.91 Å².